The van der Waals surface area contributed by atoms with Gasteiger partial charge in [-0.05, 0) is 38.3 Å². The number of halogens is 1. The van der Waals surface area contributed by atoms with Crippen LogP contribution in [0.25, 0.3) is 0 Å². The Morgan fingerprint density at radius 3 is 3.00 bits per heavy atom. The van der Waals surface area contributed by atoms with Crippen LogP contribution in [0.1, 0.15) is 38.0 Å². The predicted octanol–water partition coefficient (Wildman–Crippen LogP) is 2.82. The first-order chi connectivity index (χ1) is 6.75. The summed E-state index contributed by atoms with van der Waals surface area (Å²) < 4.78 is 18.2. The second-order valence-electron chi connectivity index (χ2n) is 4.01. The van der Waals surface area contributed by atoms with E-state index in [0.717, 1.165) is 12.2 Å². The predicted molar refractivity (Wildman–Crippen MR) is 52.8 cm³/mol. The Labute approximate surface area is 83.5 Å². The van der Waals surface area contributed by atoms with E-state index in [0.29, 0.717) is 18.9 Å². The normalized spacial score (nSPS) is 29.3. The molecule has 2 rings (SSSR count). The van der Waals surface area contributed by atoms with Gasteiger partial charge in [0.1, 0.15) is 11.9 Å². The lowest BCUT2D eigenvalue weighted by Gasteiger charge is -2.16. The molecule has 3 atom stereocenters. The van der Waals surface area contributed by atoms with Gasteiger partial charge in [-0.2, -0.15) is 0 Å². The Hall–Kier alpha value is -0.830. The van der Waals surface area contributed by atoms with Crippen LogP contribution in [0, 0.1) is 0 Å². The van der Waals surface area contributed by atoms with E-state index >= 15 is 0 Å². The smallest absolute Gasteiger partial charge is 0.120 e. The van der Waals surface area contributed by atoms with Crippen molar-refractivity contribution in [2.45, 2.75) is 44.4 Å². The van der Waals surface area contributed by atoms with Crippen LogP contribution in [0.5, 0.6) is 0 Å². The van der Waals surface area contributed by atoms with Crippen molar-refractivity contribution in [3.05, 3.63) is 24.2 Å². The molecule has 1 aromatic rings. The third-order valence-electron chi connectivity index (χ3n) is 2.82. The number of nitrogens with one attached hydrogen (secondary N) is 1. The molecule has 0 spiro atoms. The van der Waals surface area contributed by atoms with Crippen molar-refractivity contribution in [1.82, 2.24) is 5.32 Å². The molecule has 1 aromatic heterocycles. The standard InChI is InChI=1S/C11H16FNO/c1-8(11-3-2-6-14-11)13-10-5-4-9(12)7-10/h2-3,6,8-10,13H,4-5,7H2,1H3. The molecule has 3 unspecified atom stereocenters. The molecule has 1 aliphatic rings. The van der Waals surface area contributed by atoms with Crippen molar-refractivity contribution in [1.29, 1.82) is 0 Å². The molecule has 1 fully saturated rings. The van der Waals surface area contributed by atoms with Crippen molar-refractivity contribution < 1.29 is 8.81 Å². The molecule has 14 heavy (non-hydrogen) atoms. The van der Waals surface area contributed by atoms with E-state index in [4.69, 9.17) is 4.42 Å². The summed E-state index contributed by atoms with van der Waals surface area (Å²) in [6, 6.07) is 4.31. The summed E-state index contributed by atoms with van der Waals surface area (Å²) in [6.07, 6.45) is 3.33. The van der Waals surface area contributed by atoms with Crippen LogP contribution in [-0.4, -0.2) is 12.2 Å². The highest BCUT2D eigenvalue weighted by Crippen LogP contribution is 2.24. The number of hydrogen-bond acceptors (Lipinski definition) is 2. The zero-order valence-corrected chi connectivity index (χ0v) is 8.37. The second-order valence-corrected chi connectivity index (χ2v) is 4.01. The van der Waals surface area contributed by atoms with Gasteiger partial charge in [-0.3, -0.25) is 0 Å². The Morgan fingerprint density at radius 1 is 1.57 bits per heavy atom. The minimum atomic E-state index is -0.615. The molecule has 78 valence electrons. The molecule has 0 saturated heterocycles. The van der Waals surface area contributed by atoms with E-state index in [2.05, 4.69) is 5.32 Å². The molecule has 1 N–H and O–H groups in total. The molecule has 1 saturated carbocycles. The lowest BCUT2D eigenvalue weighted by Crippen LogP contribution is -2.29. The summed E-state index contributed by atoms with van der Waals surface area (Å²) in [5.74, 6) is 0.923. The third-order valence-corrected chi connectivity index (χ3v) is 2.82. The maximum Gasteiger partial charge on any atom is 0.120 e. The van der Waals surface area contributed by atoms with E-state index in [1.807, 2.05) is 19.1 Å². The zero-order chi connectivity index (χ0) is 9.97. The number of rotatable bonds is 3. The van der Waals surface area contributed by atoms with Crippen molar-refractivity contribution in [2.24, 2.45) is 0 Å². The molecule has 0 amide bonds. The van der Waals surface area contributed by atoms with Crippen LogP contribution in [0.2, 0.25) is 0 Å². The van der Waals surface area contributed by atoms with Crippen LogP contribution < -0.4 is 5.32 Å². The van der Waals surface area contributed by atoms with E-state index in [-0.39, 0.29) is 6.04 Å². The molecule has 0 aromatic carbocycles. The fourth-order valence-electron chi connectivity index (χ4n) is 2.05. The molecule has 2 nitrogen and oxygen atoms in total. The molecule has 1 aliphatic carbocycles. The van der Waals surface area contributed by atoms with Gasteiger partial charge < -0.3 is 9.73 Å². The van der Waals surface area contributed by atoms with Crippen molar-refractivity contribution in [3.63, 3.8) is 0 Å². The highest BCUT2D eigenvalue weighted by atomic mass is 19.1. The van der Waals surface area contributed by atoms with Gasteiger partial charge in [0.15, 0.2) is 0 Å². The Kier molecular flexibility index (Phi) is 2.87. The van der Waals surface area contributed by atoms with E-state index < -0.39 is 6.17 Å². The third kappa shape index (κ3) is 2.15. The molecule has 0 bridgehead atoms. The molecule has 0 aliphatic heterocycles. The first-order valence-electron chi connectivity index (χ1n) is 5.19. The Bertz CT molecular complexity index is 273. The minimum absolute atomic E-state index is 0.181. The van der Waals surface area contributed by atoms with Gasteiger partial charge in [-0.1, -0.05) is 0 Å². The summed E-state index contributed by atoms with van der Waals surface area (Å²) in [7, 11) is 0. The van der Waals surface area contributed by atoms with Gasteiger partial charge in [-0.25, -0.2) is 4.39 Å². The zero-order valence-electron chi connectivity index (χ0n) is 8.37. The van der Waals surface area contributed by atoms with Crippen LogP contribution in [-0.2, 0) is 0 Å². The fourth-order valence-corrected chi connectivity index (χ4v) is 2.05. The molecule has 0 radical (unpaired) electrons. The van der Waals surface area contributed by atoms with E-state index in [1.54, 1.807) is 6.26 Å². The van der Waals surface area contributed by atoms with Gasteiger partial charge in [0, 0.05) is 6.04 Å². The van der Waals surface area contributed by atoms with Crippen LogP contribution in [0.4, 0.5) is 4.39 Å². The van der Waals surface area contributed by atoms with Gasteiger partial charge in [-0.15, -0.1) is 0 Å². The maximum atomic E-state index is 12.9. The van der Waals surface area contributed by atoms with Gasteiger partial charge in [0.25, 0.3) is 0 Å². The van der Waals surface area contributed by atoms with Gasteiger partial charge >= 0.3 is 0 Å². The maximum absolute atomic E-state index is 12.9. The molecular formula is C11H16FNO. The lowest BCUT2D eigenvalue weighted by atomic mass is 10.2. The molecule has 3 heteroatoms. The fraction of sp³-hybridized carbons (Fsp3) is 0.636. The highest BCUT2D eigenvalue weighted by molar-refractivity contribution is 5.03. The average Bonchev–Trinajstić information content (AvgIpc) is 2.75. The lowest BCUT2D eigenvalue weighted by molar-refractivity contribution is 0.324. The monoisotopic (exact) mass is 197 g/mol. The summed E-state index contributed by atoms with van der Waals surface area (Å²) in [4.78, 5) is 0. The largest absolute Gasteiger partial charge is 0.468 e. The number of furan rings is 1. The van der Waals surface area contributed by atoms with E-state index in [9.17, 15) is 4.39 Å². The molecule has 1 heterocycles. The second kappa shape index (κ2) is 4.13. The van der Waals surface area contributed by atoms with Crippen molar-refractivity contribution >= 4 is 0 Å². The van der Waals surface area contributed by atoms with Crippen LogP contribution in [0.15, 0.2) is 22.8 Å². The Balaban J connectivity index is 1.86. The number of hydrogen-bond donors (Lipinski definition) is 1. The van der Waals surface area contributed by atoms with Crippen molar-refractivity contribution in [2.75, 3.05) is 0 Å². The van der Waals surface area contributed by atoms with Crippen molar-refractivity contribution in [3.8, 4) is 0 Å². The summed E-state index contributed by atoms with van der Waals surface area (Å²) in [5, 5.41) is 3.38. The topological polar surface area (TPSA) is 25.2 Å². The van der Waals surface area contributed by atoms with E-state index in [1.165, 1.54) is 0 Å². The SMILES string of the molecule is CC(NC1CCC(F)C1)c1ccco1. The average molecular weight is 197 g/mol. The Morgan fingerprint density at radius 2 is 2.43 bits per heavy atom. The molecular weight excluding hydrogens is 181 g/mol. The first-order valence-corrected chi connectivity index (χ1v) is 5.19. The van der Waals surface area contributed by atoms with Gasteiger partial charge in [0.05, 0.1) is 12.3 Å². The summed E-state index contributed by atoms with van der Waals surface area (Å²) in [6.45, 7) is 2.05. The minimum Gasteiger partial charge on any atom is -0.468 e. The van der Waals surface area contributed by atoms with Gasteiger partial charge in [0.2, 0.25) is 0 Å². The summed E-state index contributed by atoms with van der Waals surface area (Å²) in [5.41, 5.74) is 0. The quantitative estimate of drug-likeness (QED) is 0.806. The first kappa shape index (κ1) is 9.71. The summed E-state index contributed by atoms with van der Waals surface area (Å²) >= 11 is 0. The number of alkyl halides is 1. The highest BCUT2D eigenvalue weighted by Gasteiger charge is 2.25. The van der Waals surface area contributed by atoms with Crippen LogP contribution in [0.3, 0.4) is 0 Å². The van der Waals surface area contributed by atoms with Crippen LogP contribution >= 0.6 is 0 Å².